The number of hydrogen-bond acceptors (Lipinski definition) is 4. The number of aryl methyl sites for hydroxylation is 1. The van der Waals surface area contributed by atoms with Crippen LogP contribution in [-0.2, 0) is 6.42 Å². The van der Waals surface area contributed by atoms with Gasteiger partial charge in [-0.05, 0) is 66.9 Å². The van der Waals surface area contributed by atoms with Crippen molar-refractivity contribution in [1.29, 1.82) is 0 Å². The third kappa shape index (κ3) is 5.24. The Morgan fingerprint density at radius 2 is 2.00 bits per heavy atom. The molecule has 0 bridgehead atoms. The Kier molecular flexibility index (Phi) is 6.50. The van der Waals surface area contributed by atoms with Crippen LogP contribution in [0, 0.1) is 6.92 Å². The minimum atomic E-state index is -0.208. The maximum absolute atomic E-state index is 12.4. The summed E-state index contributed by atoms with van der Waals surface area (Å²) in [5.41, 5.74) is 3.31. The Balaban J connectivity index is 1.54. The molecule has 1 amide bonds. The van der Waals surface area contributed by atoms with Crippen molar-refractivity contribution in [2.45, 2.75) is 13.3 Å². The van der Waals surface area contributed by atoms with Gasteiger partial charge in [0, 0.05) is 23.5 Å². The van der Waals surface area contributed by atoms with E-state index in [-0.39, 0.29) is 5.91 Å². The predicted molar refractivity (Wildman–Crippen MR) is 114 cm³/mol. The molecule has 0 aliphatic rings. The Morgan fingerprint density at radius 3 is 2.71 bits per heavy atom. The van der Waals surface area contributed by atoms with Gasteiger partial charge in [-0.25, -0.2) is 4.98 Å². The number of hydrogen-bond donors (Lipinski definition) is 2. The van der Waals surface area contributed by atoms with Gasteiger partial charge in [0.25, 0.3) is 5.91 Å². The van der Waals surface area contributed by atoms with Crippen molar-refractivity contribution in [3.8, 4) is 5.75 Å². The summed E-state index contributed by atoms with van der Waals surface area (Å²) in [5.74, 6) is 1.37. The van der Waals surface area contributed by atoms with Gasteiger partial charge in [0.1, 0.15) is 11.6 Å². The van der Waals surface area contributed by atoms with E-state index in [1.807, 2.05) is 31.2 Å². The third-order valence-electron chi connectivity index (χ3n) is 4.32. The minimum Gasteiger partial charge on any atom is -0.497 e. The fraction of sp³-hybridized carbons (Fsp3) is 0.182. The number of anilines is 2. The van der Waals surface area contributed by atoms with E-state index in [4.69, 9.17) is 16.3 Å². The van der Waals surface area contributed by atoms with Gasteiger partial charge in [0.15, 0.2) is 0 Å². The minimum absolute atomic E-state index is 0.208. The van der Waals surface area contributed by atoms with Crippen molar-refractivity contribution in [3.63, 3.8) is 0 Å². The number of ether oxygens (including phenoxy) is 1. The third-order valence-corrected chi connectivity index (χ3v) is 4.55. The van der Waals surface area contributed by atoms with Gasteiger partial charge in [0.05, 0.1) is 12.7 Å². The molecule has 1 heterocycles. The van der Waals surface area contributed by atoms with E-state index >= 15 is 0 Å². The number of carbonyl (C=O) groups excluding carboxylic acids is 1. The number of aromatic nitrogens is 1. The van der Waals surface area contributed by atoms with Gasteiger partial charge in [-0.15, -0.1) is 0 Å². The average molecular weight is 396 g/mol. The highest BCUT2D eigenvalue weighted by Gasteiger charge is 2.09. The molecule has 0 aliphatic heterocycles. The summed E-state index contributed by atoms with van der Waals surface area (Å²) in [4.78, 5) is 16.7. The lowest BCUT2D eigenvalue weighted by Gasteiger charge is -2.10. The second kappa shape index (κ2) is 9.24. The Bertz CT molecular complexity index is 958. The first-order valence-corrected chi connectivity index (χ1v) is 9.33. The topological polar surface area (TPSA) is 63.2 Å². The van der Waals surface area contributed by atoms with Gasteiger partial charge in [0.2, 0.25) is 0 Å². The Labute approximate surface area is 169 Å². The van der Waals surface area contributed by atoms with E-state index in [1.54, 1.807) is 37.6 Å². The van der Waals surface area contributed by atoms with Crippen molar-refractivity contribution in [2.75, 3.05) is 24.3 Å². The van der Waals surface area contributed by atoms with Crippen LogP contribution in [0.15, 0.2) is 60.8 Å². The largest absolute Gasteiger partial charge is 0.497 e. The molecular weight excluding hydrogens is 374 g/mol. The highest BCUT2D eigenvalue weighted by molar-refractivity contribution is 6.30. The second-order valence-corrected chi connectivity index (χ2v) is 6.81. The molecule has 2 aromatic carbocycles. The van der Waals surface area contributed by atoms with Crippen LogP contribution in [0.1, 0.15) is 21.5 Å². The zero-order chi connectivity index (χ0) is 19.9. The Morgan fingerprint density at radius 1 is 1.14 bits per heavy atom. The van der Waals surface area contributed by atoms with Gasteiger partial charge in [-0.2, -0.15) is 0 Å². The molecule has 144 valence electrons. The standard InChI is InChI=1S/C22H22ClN3O2/c1-15-12-18(23)7-8-20(15)26-22(27)17-6-9-21(25-14-17)24-11-10-16-4-3-5-19(13-16)28-2/h3-9,12-14H,10-11H2,1-2H3,(H,24,25)(H,26,27). The molecular formula is C22H22ClN3O2. The van der Waals surface area contributed by atoms with Gasteiger partial charge < -0.3 is 15.4 Å². The molecule has 0 atom stereocenters. The van der Waals surface area contributed by atoms with Crippen molar-refractivity contribution >= 4 is 29.0 Å². The lowest BCUT2D eigenvalue weighted by Crippen LogP contribution is -2.13. The fourth-order valence-corrected chi connectivity index (χ4v) is 2.98. The SMILES string of the molecule is COc1cccc(CCNc2ccc(C(=O)Nc3ccc(Cl)cc3C)cn2)c1. The molecule has 6 heteroatoms. The molecule has 0 unspecified atom stereocenters. The maximum atomic E-state index is 12.4. The first-order valence-electron chi connectivity index (χ1n) is 8.95. The van der Waals surface area contributed by atoms with E-state index in [2.05, 4.69) is 21.7 Å². The molecule has 2 N–H and O–H groups in total. The molecule has 1 aromatic heterocycles. The smallest absolute Gasteiger partial charge is 0.257 e. The molecule has 0 radical (unpaired) electrons. The summed E-state index contributed by atoms with van der Waals surface area (Å²) in [6.07, 6.45) is 2.41. The van der Waals surface area contributed by atoms with E-state index < -0.39 is 0 Å². The normalized spacial score (nSPS) is 10.4. The van der Waals surface area contributed by atoms with Crippen LogP contribution < -0.4 is 15.4 Å². The zero-order valence-corrected chi connectivity index (χ0v) is 16.6. The number of rotatable bonds is 7. The van der Waals surface area contributed by atoms with Crippen molar-refractivity contribution in [1.82, 2.24) is 4.98 Å². The van der Waals surface area contributed by atoms with Crippen LogP contribution in [-0.4, -0.2) is 24.5 Å². The number of benzene rings is 2. The number of pyridine rings is 1. The molecule has 0 aliphatic carbocycles. The molecule has 3 aromatic rings. The number of nitrogens with one attached hydrogen (secondary N) is 2. The first-order chi connectivity index (χ1) is 13.5. The number of nitrogens with zero attached hydrogens (tertiary/aromatic N) is 1. The summed E-state index contributed by atoms with van der Waals surface area (Å²) in [5, 5.41) is 6.78. The highest BCUT2D eigenvalue weighted by Crippen LogP contribution is 2.20. The fourth-order valence-electron chi connectivity index (χ4n) is 2.76. The summed E-state index contributed by atoms with van der Waals surface area (Å²) in [6, 6.07) is 16.9. The quantitative estimate of drug-likeness (QED) is 0.593. The van der Waals surface area contributed by atoms with E-state index in [0.717, 1.165) is 35.8 Å². The van der Waals surface area contributed by atoms with E-state index in [0.29, 0.717) is 10.6 Å². The molecule has 28 heavy (non-hydrogen) atoms. The number of carbonyl (C=O) groups is 1. The number of amides is 1. The molecule has 0 saturated heterocycles. The van der Waals surface area contributed by atoms with Gasteiger partial charge >= 0.3 is 0 Å². The van der Waals surface area contributed by atoms with Crippen LogP contribution in [0.25, 0.3) is 0 Å². The first kappa shape index (κ1) is 19.7. The number of halogens is 1. The van der Waals surface area contributed by atoms with Crippen molar-refractivity contribution in [3.05, 3.63) is 82.5 Å². The summed E-state index contributed by atoms with van der Waals surface area (Å²) in [6.45, 7) is 2.63. The average Bonchev–Trinajstić information content (AvgIpc) is 2.71. The summed E-state index contributed by atoms with van der Waals surface area (Å²) < 4.78 is 5.23. The van der Waals surface area contributed by atoms with Crippen LogP contribution in [0.4, 0.5) is 11.5 Å². The zero-order valence-electron chi connectivity index (χ0n) is 15.8. The van der Waals surface area contributed by atoms with Gasteiger partial charge in [-0.3, -0.25) is 4.79 Å². The number of methoxy groups -OCH3 is 1. The molecule has 0 fully saturated rings. The summed E-state index contributed by atoms with van der Waals surface area (Å²) in [7, 11) is 1.66. The van der Waals surface area contributed by atoms with Crippen LogP contribution in [0.2, 0.25) is 5.02 Å². The Hall–Kier alpha value is -3.05. The lowest BCUT2D eigenvalue weighted by molar-refractivity contribution is 0.102. The lowest BCUT2D eigenvalue weighted by atomic mass is 10.1. The van der Waals surface area contributed by atoms with Crippen molar-refractivity contribution in [2.24, 2.45) is 0 Å². The van der Waals surface area contributed by atoms with Crippen LogP contribution >= 0.6 is 11.6 Å². The molecule has 3 rings (SSSR count). The molecule has 0 spiro atoms. The predicted octanol–water partition coefficient (Wildman–Crippen LogP) is 4.96. The monoisotopic (exact) mass is 395 g/mol. The maximum Gasteiger partial charge on any atom is 0.257 e. The van der Waals surface area contributed by atoms with Crippen LogP contribution in [0.5, 0.6) is 5.75 Å². The van der Waals surface area contributed by atoms with E-state index in [1.165, 1.54) is 5.56 Å². The summed E-state index contributed by atoms with van der Waals surface area (Å²) >= 11 is 5.95. The highest BCUT2D eigenvalue weighted by atomic mass is 35.5. The van der Waals surface area contributed by atoms with Crippen molar-refractivity contribution < 1.29 is 9.53 Å². The molecule has 0 saturated carbocycles. The molecule has 5 nitrogen and oxygen atoms in total. The van der Waals surface area contributed by atoms with Crippen LogP contribution in [0.3, 0.4) is 0 Å². The van der Waals surface area contributed by atoms with E-state index in [9.17, 15) is 4.79 Å². The second-order valence-electron chi connectivity index (χ2n) is 6.37. The van der Waals surface area contributed by atoms with Gasteiger partial charge in [-0.1, -0.05) is 23.7 Å².